The monoisotopic (exact) mass is 179 g/mol. The molecule has 1 aromatic heterocycles. The van der Waals surface area contributed by atoms with E-state index in [0.29, 0.717) is 5.69 Å². The van der Waals surface area contributed by atoms with Gasteiger partial charge in [-0.25, -0.2) is 4.79 Å². The first-order valence-electron chi connectivity index (χ1n) is 3.54. The van der Waals surface area contributed by atoms with Crippen LogP contribution in [0, 0.1) is 0 Å². The predicted molar refractivity (Wildman–Crippen MR) is 51.6 cm³/mol. The summed E-state index contributed by atoms with van der Waals surface area (Å²) in [6, 6.07) is 0. The van der Waals surface area contributed by atoms with Crippen LogP contribution < -0.4 is 11.2 Å². The highest BCUT2D eigenvalue weighted by Crippen LogP contribution is 2.10. The summed E-state index contributed by atoms with van der Waals surface area (Å²) < 4.78 is 1.25. The number of aliphatic imine (C=N–C) groups is 1. The number of nitrogens with one attached hydrogen (secondary N) is 1. The van der Waals surface area contributed by atoms with E-state index in [1.54, 1.807) is 0 Å². The zero-order chi connectivity index (χ0) is 10.0. The minimum Gasteiger partial charge on any atom is -0.295 e. The number of hydrogen-bond donors (Lipinski definition) is 1. The first-order valence-corrected chi connectivity index (χ1v) is 3.54. The molecule has 5 heteroatoms. The van der Waals surface area contributed by atoms with Crippen LogP contribution >= 0.6 is 0 Å². The number of H-pyrrole nitrogens is 1. The van der Waals surface area contributed by atoms with E-state index in [-0.39, 0.29) is 5.69 Å². The Morgan fingerprint density at radius 2 is 2.15 bits per heavy atom. The molecule has 1 rings (SSSR count). The van der Waals surface area contributed by atoms with E-state index in [0.717, 1.165) is 0 Å². The Bertz CT molecular complexity index is 467. The first kappa shape index (κ1) is 9.18. The highest BCUT2D eigenvalue weighted by Gasteiger charge is 2.07. The van der Waals surface area contributed by atoms with Crippen molar-refractivity contribution in [2.24, 2.45) is 12.0 Å². The minimum atomic E-state index is -0.548. The van der Waals surface area contributed by atoms with Crippen LogP contribution in [0.1, 0.15) is 5.69 Å². The highest BCUT2D eigenvalue weighted by atomic mass is 16.2. The van der Waals surface area contributed by atoms with E-state index < -0.39 is 11.2 Å². The molecule has 0 saturated carbocycles. The summed E-state index contributed by atoms with van der Waals surface area (Å²) in [6.45, 7) is 6.72. The van der Waals surface area contributed by atoms with Crippen molar-refractivity contribution in [1.29, 1.82) is 0 Å². The van der Waals surface area contributed by atoms with Crippen molar-refractivity contribution in [2.45, 2.75) is 0 Å². The van der Waals surface area contributed by atoms with Crippen LogP contribution in [0.2, 0.25) is 0 Å². The second-order valence-electron chi connectivity index (χ2n) is 2.41. The van der Waals surface area contributed by atoms with E-state index in [9.17, 15) is 9.59 Å². The molecule has 0 fully saturated rings. The number of aromatic amines is 1. The Kier molecular flexibility index (Phi) is 2.27. The summed E-state index contributed by atoms with van der Waals surface area (Å²) >= 11 is 0. The smallest absolute Gasteiger partial charge is 0.295 e. The number of hydrogen-bond acceptors (Lipinski definition) is 3. The Hall–Kier alpha value is -1.91. The predicted octanol–water partition coefficient (Wildman–Crippen LogP) is 0.0487. The fourth-order valence-electron chi connectivity index (χ4n) is 1.01. The maximum atomic E-state index is 11.2. The molecule has 0 saturated heterocycles. The topological polar surface area (TPSA) is 67.2 Å². The van der Waals surface area contributed by atoms with E-state index >= 15 is 0 Å². The van der Waals surface area contributed by atoms with Gasteiger partial charge in [-0.3, -0.25) is 19.3 Å². The molecule has 1 aromatic rings. The quantitative estimate of drug-likeness (QED) is 0.652. The second kappa shape index (κ2) is 3.22. The molecule has 5 nitrogen and oxygen atoms in total. The Morgan fingerprint density at radius 3 is 2.62 bits per heavy atom. The van der Waals surface area contributed by atoms with Crippen molar-refractivity contribution in [1.82, 2.24) is 9.55 Å². The third-order valence-electron chi connectivity index (χ3n) is 1.70. The molecular weight excluding hydrogens is 170 g/mol. The van der Waals surface area contributed by atoms with Gasteiger partial charge in [-0.1, -0.05) is 6.58 Å². The highest BCUT2D eigenvalue weighted by molar-refractivity contribution is 5.60. The van der Waals surface area contributed by atoms with E-state index in [2.05, 4.69) is 23.3 Å². The SMILES string of the molecule is C=Cc1c(N=C)c(=O)[nH]c(=O)n1C. The lowest BCUT2D eigenvalue weighted by Gasteiger charge is -2.04. The average Bonchev–Trinajstić information content (AvgIpc) is 2.10. The van der Waals surface area contributed by atoms with E-state index in [1.807, 2.05) is 0 Å². The lowest BCUT2D eigenvalue weighted by atomic mass is 10.3. The molecule has 0 radical (unpaired) electrons. The standard InChI is InChI=1S/C8H9N3O2/c1-4-5-6(9-2)7(12)10-8(13)11(5)3/h4H,1-2H2,3H3,(H,10,12,13). The van der Waals surface area contributed by atoms with Gasteiger partial charge in [0.2, 0.25) is 0 Å². The molecule has 0 unspecified atom stereocenters. The van der Waals surface area contributed by atoms with Gasteiger partial charge in [-0.2, -0.15) is 0 Å². The van der Waals surface area contributed by atoms with Gasteiger partial charge >= 0.3 is 5.69 Å². The number of nitrogens with zero attached hydrogens (tertiary/aromatic N) is 2. The van der Waals surface area contributed by atoms with Gasteiger partial charge in [-0.05, 0) is 12.8 Å². The zero-order valence-electron chi connectivity index (χ0n) is 7.20. The van der Waals surface area contributed by atoms with Crippen molar-refractivity contribution in [3.05, 3.63) is 33.1 Å². The molecule has 0 spiro atoms. The summed E-state index contributed by atoms with van der Waals surface area (Å²) in [5.41, 5.74) is -0.568. The largest absolute Gasteiger partial charge is 0.328 e. The lowest BCUT2D eigenvalue weighted by molar-refractivity contribution is 0.791. The molecule has 0 bridgehead atoms. The third kappa shape index (κ3) is 1.35. The summed E-state index contributed by atoms with van der Waals surface area (Å²) in [7, 11) is 1.52. The first-order chi connectivity index (χ1) is 6.11. The van der Waals surface area contributed by atoms with Crippen LogP contribution in [0.15, 0.2) is 21.2 Å². The molecule has 68 valence electrons. The van der Waals surface area contributed by atoms with Crippen LogP contribution in [0.25, 0.3) is 6.08 Å². The number of rotatable bonds is 2. The minimum absolute atomic E-state index is 0.108. The zero-order valence-corrected chi connectivity index (χ0v) is 7.20. The van der Waals surface area contributed by atoms with Gasteiger partial charge in [0.25, 0.3) is 5.56 Å². The van der Waals surface area contributed by atoms with Gasteiger partial charge in [0.15, 0.2) is 5.69 Å². The average molecular weight is 179 g/mol. The Labute approximate surface area is 74.1 Å². The summed E-state index contributed by atoms with van der Waals surface area (Å²) in [5.74, 6) is 0. The molecule has 13 heavy (non-hydrogen) atoms. The summed E-state index contributed by atoms with van der Waals surface area (Å²) in [5, 5.41) is 0. The van der Waals surface area contributed by atoms with Crippen molar-refractivity contribution in [2.75, 3.05) is 0 Å². The van der Waals surface area contributed by atoms with Crippen LogP contribution in [0.5, 0.6) is 0 Å². The van der Waals surface area contributed by atoms with Crippen LogP contribution in [0.3, 0.4) is 0 Å². The van der Waals surface area contributed by atoms with Gasteiger partial charge in [0.1, 0.15) is 0 Å². The van der Waals surface area contributed by atoms with Crippen molar-refractivity contribution < 1.29 is 0 Å². The maximum Gasteiger partial charge on any atom is 0.328 e. The Balaban J connectivity index is 3.81. The molecule has 1 heterocycles. The fraction of sp³-hybridized carbons (Fsp3) is 0.125. The van der Waals surface area contributed by atoms with Crippen molar-refractivity contribution in [3.63, 3.8) is 0 Å². The summed E-state index contributed by atoms with van der Waals surface area (Å²) in [4.78, 5) is 27.9. The molecular formula is C8H9N3O2. The van der Waals surface area contributed by atoms with Gasteiger partial charge in [-0.15, -0.1) is 0 Å². The van der Waals surface area contributed by atoms with Crippen LogP contribution in [-0.2, 0) is 7.05 Å². The van der Waals surface area contributed by atoms with Crippen molar-refractivity contribution >= 4 is 18.5 Å². The third-order valence-corrected chi connectivity index (χ3v) is 1.70. The molecule has 1 N–H and O–H groups in total. The van der Waals surface area contributed by atoms with Gasteiger partial charge in [0, 0.05) is 7.05 Å². The van der Waals surface area contributed by atoms with E-state index in [4.69, 9.17) is 0 Å². The molecule has 0 aromatic carbocycles. The van der Waals surface area contributed by atoms with Gasteiger partial charge in [0.05, 0.1) is 5.69 Å². The lowest BCUT2D eigenvalue weighted by Crippen LogP contribution is -2.29. The molecule has 0 aliphatic rings. The molecule has 0 aliphatic heterocycles. The molecule has 0 atom stereocenters. The van der Waals surface area contributed by atoms with Crippen molar-refractivity contribution in [3.8, 4) is 0 Å². The summed E-state index contributed by atoms with van der Waals surface area (Å²) in [6.07, 6.45) is 1.39. The number of aromatic nitrogens is 2. The van der Waals surface area contributed by atoms with Crippen LogP contribution in [-0.4, -0.2) is 16.3 Å². The van der Waals surface area contributed by atoms with Gasteiger partial charge < -0.3 is 0 Å². The maximum absolute atomic E-state index is 11.2. The fourth-order valence-corrected chi connectivity index (χ4v) is 1.01. The Morgan fingerprint density at radius 1 is 1.54 bits per heavy atom. The molecule has 0 aliphatic carbocycles. The second-order valence-corrected chi connectivity index (χ2v) is 2.41. The molecule has 0 amide bonds. The normalized spacial score (nSPS) is 9.62. The van der Waals surface area contributed by atoms with Crippen LogP contribution in [0.4, 0.5) is 5.69 Å². The van der Waals surface area contributed by atoms with E-state index in [1.165, 1.54) is 17.7 Å².